The second-order valence-electron chi connectivity index (χ2n) is 6.31. The van der Waals surface area contributed by atoms with Gasteiger partial charge in [0.15, 0.2) is 0 Å². The molecule has 0 fully saturated rings. The maximum absolute atomic E-state index is 12.5. The molecule has 1 amide bonds. The van der Waals surface area contributed by atoms with E-state index in [1.165, 1.54) is 11.1 Å². The van der Waals surface area contributed by atoms with Crippen LogP contribution >= 0.6 is 0 Å². The van der Waals surface area contributed by atoms with E-state index >= 15 is 0 Å². The summed E-state index contributed by atoms with van der Waals surface area (Å²) in [7, 11) is 0. The third-order valence-corrected chi connectivity index (χ3v) is 4.69. The number of carbonyl (C=O) groups is 1. The summed E-state index contributed by atoms with van der Waals surface area (Å²) in [5.41, 5.74) is 9.27. The van der Waals surface area contributed by atoms with Crippen LogP contribution in [0.15, 0.2) is 53.2 Å². The summed E-state index contributed by atoms with van der Waals surface area (Å²) in [4.78, 5) is 20.9. The summed E-state index contributed by atoms with van der Waals surface area (Å²) >= 11 is 0. The molecule has 0 spiro atoms. The third-order valence-electron chi connectivity index (χ3n) is 4.69. The van der Waals surface area contributed by atoms with Gasteiger partial charge in [-0.25, -0.2) is 0 Å². The van der Waals surface area contributed by atoms with Gasteiger partial charge in [-0.15, -0.1) is 0 Å². The van der Waals surface area contributed by atoms with Crippen molar-refractivity contribution in [1.29, 1.82) is 0 Å². The number of nitrogens with zero attached hydrogens (tertiary/aromatic N) is 3. The van der Waals surface area contributed by atoms with E-state index in [1.54, 1.807) is 12.3 Å². The molecular formula is C19H19N5O2. The van der Waals surface area contributed by atoms with Gasteiger partial charge in [-0.2, -0.15) is 4.98 Å². The van der Waals surface area contributed by atoms with Crippen molar-refractivity contribution in [3.63, 3.8) is 0 Å². The Bertz CT molecular complexity index is 909. The highest BCUT2D eigenvalue weighted by Crippen LogP contribution is 2.34. The van der Waals surface area contributed by atoms with E-state index in [4.69, 9.17) is 10.3 Å². The Hall–Kier alpha value is -3.06. The molecule has 1 aliphatic rings. The minimum absolute atomic E-state index is 0.0398. The molecule has 2 heterocycles. The Labute approximate surface area is 150 Å². The lowest BCUT2D eigenvalue weighted by atomic mass is 9.93. The van der Waals surface area contributed by atoms with Crippen LogP contribution in [0.4, 0.5) is 0 Å². The van der Waals surface area contributed by atoms with Gasteiger partial charge in [0.05, 0.1) is 12.6 Å². The fourth-order valence-corrected chi connectivity index (χ4v) is 3.35. The smallest absolute Gasteiger partial charge is 0.246 e. The van der Waals surface area contributed by atoms with Crippen LogP contribution in [0.1, 0.15) is 29.4 Å². The number of rotatable bonds is 5. The normalized spacial score (nSPS) is 16.9. The monoisotopic (exact) mass is 349 g/mol. The Morgan fingerprint density at radius 2 is 2.12 bits per heavy atom. The van der Waals surface area contributed by atoms with Crippen LogP contribution in [-0.2, 0) is 17.8 Å². The summed E-state index contributed by atoms with van der Waals surface area (Å²) in [5, 5.41) is 6.68. The Morgan fingerprint density at radius 1 is 1.27 bits per heavy atom. The van der Waals surface area contributed by atoms with Crippen molar-refractivity contribution in [2.75, 3.05) is 0 Å². The van der Waals surface area contributed by atoms with Crippen LogP contribution in [0.5, 0.6) is 0 Å². The first kappa shape index (κ1) is 16.4. The number of benzene rings is 1. The van der Waals surface area contributed by atoms with Gasteiger partial charge in [-0.3, -0.25) is 9.78 Å². The van der Waals surface area contributed by atoms with E-state index in [9.17, 15) is 4.79 Å². The zero-order chi connectivity index (χ0) is 17.9. The summed E-state index contributed by atoms with van der Waals surface area (Å²) in [6.45, 7) is 0.140. The Balaban J connectivity index is 1.38. The van der Waals surface area contributed by atoms with Crippen molar-refractivity contribution in [1.82, 2.24) is 20.4 Å². The molecule has 1 aliphatic carbocycles. The number of fused-ring (bicyclic) bond motifs is 1. The molecule has 0 bridgehead atoms. The molecule has 2 atom stereocenters. The fraction of sp³-hybridized carbons (Fsp3) is 0.263. The average molecular weight is 349 g/mol. The number of aromatic nitrogens is 3. The van der Waals surface area contributed by atoms with Gasteiger partial charge in [0.25, 0.3) is 0 Å². The van der Waals surface area contributed by atoms with Crippen molar-refractivity contribution < 1.29 is 9.32 Å². The first-order valence-electron chi connectivity index (χ1n) is 8.57. The fourth-order valence-electron chi connectivity index (χ4n) is 3.35. The summed E-state index contributed by atoms with van der Waals surface area (Å²) < 4.78 is 5.17. The van der Waals surface area contributed by atoms with Crippen LogP contribution in [0.25, 0.3) is 11.5 Å². The lowest BCUT2D eigenvalue weighted by Crippen LogP contribution is -2.43. The van der Waals surface area contributed by atoms with Gasteiger partial charge in [0.1, 0.15) is 5.69 Å². The van der Waals surface area contributed by atoms with Gasteiger partial charge >= 0.3 is 0 Å². The molecule has 3 N–H and O–H groups in total. The number of carbonyl (C=O) groups excluding carboxylic acids is 1. The molecule has 0 radical (unpaired) electrons. The number of nitrogens with two attached hydrogens (primary N) is 1. The standard InChI is InChI=1S/C19H19N5O2/c20-17(14-9-8-12-5-1-2-6-13(12)14)19(25)22-11-16-23-18(24-26-16)15-7-3-4-10-21-15/h1-7,10,14,17H,8-9,11,20H2,(H,22,25). The number of pyridine rings is 1. The first-order valence-corrected chi connectivity index (χ1v) is 8.57. The van der Waals surface area contributed by atoms with E-state index in [2.05, 4.69) is 32.6 Å². The van der Waals surface area contributed by atoms with Crippen molar-refractivity contribution in [3.8, 4) is 11.5 Å². The Morgan fingerprint density at radius 3 is 2.96 bits per heavy atom. The molecule has 132 valence electrons. The highest BCUT2D eigenvalue weighted by molar-refractivity contribution is 5.82. The van der Waals surface area contributed by atoms with Crippen molar-refractivity contribution >= 4 is 5.91 Å². The molecule has 7 heteroatoms. The van der Waals surface area contributed by atoms with Gasteiger partial charge in [-0.05, 0) is 36.1 Å². The maximum atomic E-state index is 12.5. The van der Waals surface area contributed by atoms with Gasteiger partial charge in [0.2, 0.25) is 17.6 Å². The molecule has 0 saturated carbocycles. The minimum Gasteiger partial charge on any atom is -0.346 e. The predicted molar refractivity (Wildman–Crippen MR) is 94.9 cm³/mol. The molecule has 1 aromatic carbocycles. The molecule has 2 aromatic heterocycles. The predicted octanol–water partition coefficient (Wildman–Crippen LogP) is 1.81. The quantitative estimate of drug-likeness (QED) is 0.727. The summed E-state index contributed by atoms with van der Waals surface area (Å²) in [6.07, 6.45) is 3.50. The van der Waals surface area contributed by atoms with E-state index in [1.807, 2.05) is 24.3 Å². The second-order valence-corrected chi connectivity index (χ2v) is 6.31. The number of hydrogen-bond acceptors (Lipinski definition) is 6. The first-order chi connectivity index (χ1) is 12.7. The summed E-state index contributed by atoms with van der Waals surface area (Å²) in [6, 6.07) is 13.0. The second kappa shape index (κ2) is 7.05. The third kappa shape index (κ3) is 3.21. The number of amides is 1. The van der Waals surface area contributed by atoms with Crippen molar-refractivity contribution in [3.05, 3.63) is 65.7 Å². The lowest BCUT2D eigenvalue weighted by molar-refractivity contribution is -0.123. The van der Waals surface area contributed by atoms with Crippen LogP contribution < -0.4 is 11.1 Å². The highest BCUT2D eigenvalue weighted by Gasteiger charge is 2.31. The molecule has 2 unspecified atom stereocenters. The van der Waals surface area contributed by atoms with Gasteiger partial charge in [-0.1, -0.05) is 35.5 Å². The van der Waals surface area contributed by atoms with Crippen molar-refractivity contribution in [2.45, 2.75) is 31.3 Å². The van der Waals surface area contributed by atoms with Gasteiger partial charge in [0, 0.05) is 12.1 Å². The molecule has 3 aromatic rings. The highest BCUT2D eigenvalue weighted by atomic mass is 16.5. The molecular weight excluding hydrogens is 330 g/mol. The van der Waals surface area contributed by atoms with E-state index in [-0.39, 0.29) is 18.4 Å². The van der Waals surface area contributed by atoms with E-state index < -0.39 is 6.04 Å². The van der Waals surface area contributed by atoms with Crippen molar-refractivity contribution in [2.24, 2.45) is 5.73 Å². The van der Waals surface area contributed by atoms with Gasteiger partial charge < -0.3 is 15.6 Å². The average Bonchev–Trinajstić information content (AvgIpc) is 3.33. The number of aryl methyl sites for hydroxylation is 1. The zero-order valence-corrected chi connectivity index (χ0v) is 14.1. The SMILES string of the molecule is NC(C(=O)NCc1nc(-c2ccccn2)no1)C1CCc2ccccc21. The minimum atomic E-state index is -0.600. The van der Waals surface area contributed by atoms with Crippen LogP contribution in [-0.4, -0.2) is 27.1 Å². The number of nitrogens with one attached hydrogen (secondary N) is 1. The maximum Gasteiger partial charge on any atom is 0.246 e. The van der Waals surface area contributed by atoms with E-state index in [0.29, 0.717) is 17.4 Å². The van der Waals surface area contributed by atoms with Crippen LogP contribution in [0.3, 0.4) is 0 Å². The molecule has 7 nitrogen and oxygen atoms in total. The molecule has 0 aliphatic heterocycles. The van der Waals surface area contributed by atoms with E-state index in [0.717, 1.165) is 12.8 Å². The zero-order valence-electron chi connectivity index (χ0n) is 14.1. The van der Waals surface area contributed by atoms with Crippen LogP contribution in [0.2, 0.25) is 0 Å². The number of hydrogen-bond donors (Lipinski definition) is 2. The molecule has 26 heavy (non-hydrogen) atoms. The topological polar surface area (TPSA) is 107 Å². The summed E-state index contributed by atoms with van der Waals surface area (Å²) in [5.74, 6) is 0.532. The lowest BCUT2D eigenvalue weighted by Gasteiger charge is -2.19. The largest absolute Gasteiger partial charge is 0.346 e. The van der Waals surface area contributed by atoms with Crippen LogP contribution in [0, 0.1) is 0 Å². The molecule has 4 rings (SSSR count). The Kier molecular flexibility index (Phi) is 4.45. The molecule has 0 saturated heterocycles.